The Bertz CT molecular complexity index is 600. The monoisotopic (exact) mass is 260 g/mol. The average Bonchev–Trinajstić information content (AvgIpc) is 3.04. The van der Waals surface area contributed by atoms with Gasteiger partial charge in [0.2, 0.25) is 0 Å². The third-order valence-electron chi connectivity index (χ3n) is 3.40. The van der Waals surface area contributed by atoms with Gasteiger partial charge in [-0.3, -0.25) is 0 Å². The Morgan fingerprint density at radius 1 is 1.53 bits per heavy atom. The normalized spacial score (nSPS) is 18.8. The average molecular weight is 260 g/mol. The number of hydrogen-bond acceptors (Lipinski definition) is 4. The predicted octanol–water partition coefficient (Wildman–Crippen LogP) is 1.94. The summed E-state index contributed by atoms with van der Waals surface area (Å²) in [7, 11) is 0. The smallest absolute Gasteiger partial charge is 0.340 e. The van der Waals surface area contributed by atoms with E-state index < -0.39 is 0 Å². The van der Waals surface area contributed by atoms with E-state index in [9.17, 15) is 4.79 Å². The van der Waals surface area contributed by atoms with Crippen LogP contribution in [0.4, 0.5) is 5.69 Å². The van der Waals surface area contributed by atoms with Crippen LogP contribution in [-0.4, -0.2) is 30.8 Å². The van der Waals surface area contributed by atoms with Gasteiger partial charge in [0.25, 0.3) is 0 Å². The Hall–Kier alpha value is -2.01. The molecule has 1 aliphatic rings. The standard InChI is InChI=1S/C14H16N2O3/c15-10-1-2-11-12(6-16-13(11)5-10)14(17)19-8-9-3-4-18-7-9/h1-2,5-6,9,16H,3-4,7-8,15H2. The number of nitrogens with two attached hydrogens (primary N) is 1. The molecule has 100 valence electrons. The minimum absolute atomic E-state index is 0.303. The highest BCUT2D eigenvalue weighted by molar-refractivity contribution is 6.04. The fourth-order valence-electron chi connectivity index (χ4n) is 2.30. The molecule has 1 fully saturated rings. The van der Waals surface area contributed by atoms with E-state index in [1.807, 2.05) is 6.07 Å². The van der Waals surface area contributed by atoms with E-state index in [0.29, 0.717) is 30.4 Å². The molecule has 1 saturated heterocycles. The van der Waals surface area contributed by atoms with Gasteiger partial charge in [0.1, 0.15) is 0 Å². The maximum Gasteiger partial charge on any atom is 0.340 e. The van der Waals surface area contributed by atoms with Crippen LogP contribution in [0.25, 0.3) is 10.9 Å². The molecule has 0 saturated carbocycles. The molecule has 5 heteroatoms. The lowest BCUT2D eigenvalue weighted by Gasteiger charge is -2.08. The number of fused-ring (bicyclic) bond motifs is 1. The molecule has 0 spiro atoms. The number of anilines is 1. The van der Waals surface area contributed by atoms with E-state index in [1.165, 1.54) is 0 Å². The van der Waals surface area contributed by atoms with Gasteiger partial charge in [-0.05, 0) is 24.6 Å². The number of carbonyl (C=O) groups is 1. The van der Waals surface area contributed by atoms with Gasteiger partial charge >= 0.3 is 5.97 Å². The molecule has 0 bridgehead atoms. The molecule has 0 aliphatic carbocycles. The van der Waals surface area contributed by atoms with Crippen molar-refractivity contribution in [3.8, 4) is 0 Å². The van der Waals surface area contributed by atoms with Crippen LogP contribution in [0.3, 0.4) is 0 Å². The van der Waals surface area contributed by atoms with Crippen molar-refractivity contribution < 1.29 is 14.3 Å². The number of benzene rings is 1. The highest BCUT2D eigenvalue weighted by Gasteiger charge is 2.19. The number of aromatic amines is 1. The zero-order valence-electron chi connectivity index (χ0n) is 10.5. The zero-order chi connectivity index (χ0) is 13.2. The maximum absolute atomic E-state index is 12.0. The summed E-state index contributed by atoms with van der Waals surface area (Å²) in [5.41, 5.74) is 7.76. The fourth-order valence-corrected chi connectivity index (χ4v) is 2.30. The van der Waals surface area contributed by atoms with Crippen LogP contribution >= 0.6 is 0 Å². The van der Waals surface area contributed by atoms with Crippen molar-refractivity contribution in [2.75, 3.05) is 25.6 Å². The number of carbonyl (C=O) groups excluding carboxylic acids is 1. The van der Waals surface area contributed by atoms with Crippen LogP contribution in [0.5, 0.6) is 0 Å². The van der Waals surface area contributed by atoms with Crippen LogP contribution in [0.2, 0.25) is 0 Å². The number of esters is 1. The van der Waals surface area contributed by atoms with Gasteiger partial charge in [0, 0.05) is 35.3 Å². The number of H-pyrrole nitrogens is 1. The second-order valence-corrected chi connectivity index (χ2v) is 4.84. The molecule has 0 radical (unpaired) electrons. The zero-order valence-corrected chi connectivity index (χ0v) is 10.5. The molecule has 1 atom stereocenters. The molecule has 5 nitrogen and oxygen atoms in total. The van der Waals surface area contributed by atoms with E-state index in [4.69, 9.17) is 15.2 Å². The molecule has 1 aromatic carbocycles. The van der Waals surface area contributed by atoms with Crippen molar-refractivity contribution in [1.82, 2.24) is 4.98 Å². The molecule has 1 unspecified atom stereocenters. The quantitative estimate of drug-likeness (QED) is 0.653. The first kappa shape index (κ1) is 12.0. The molecule has 2 heterocycles. The maximum atomic E-state index is 12.0. The Balaban J connectivity index is 1.74. The minimum Gasteiger partial charge on any atom is -0.462 e. The van der Waals surface area contributed by atoms with E-state index in [0.717, 1.165) is 23.9 Å². The van der Waals surface area contributed by atoms with Crippen molar-refractivity contribution in [1.29, 1.82) is 0 Å². The number of nitrogens with one attached hydrogen (secondary N) is 1. The van der Waals surface area contributed by atoms with Gasteiger partial charge in [-0.15, -0.1) is 0 Å². The van der Waals surface area contributed by atoms with Gasteiger partial charge in [0.05, 0.1) is 18.8 Å². The molecule has 19 heavy (non-hydrogen) atoms. The van der Waals surface area contributed by atoms with Gasteiger partial charge in [-0.2, -0.15) is 0 Å². The number of nitrogen functional groups attached to an aromatic ring is 1. The van der Waals surface area contributed by atoms with Crippen LogP contribution in [0, 0.1) is 5.92 Å². The third kappa shape index (κ3) is 2.42. The van der Waals surface area contributed by atoms with Gasteiger partial charge < -0.3 is 20.2 Å². The second kappa shape index (κ2) is 4.93. The molecule has 3 N–H and O–H groups in total. The van der Waals surface area contributed by atoms with Gasteiger partial charge in [0.15, 0.2) is 0 Å². The lowest BCUT2D eigenvalue weighted by molar-refractivity contribution is 0.0430. The Morgan fingerprint density at radius 3 is 3.21 bits per heavy atom. The summed E-state index contributed by atoms with van der Waals surface area (Å²) in [4.78, 5) is 15.1. The summed E-state index contributed by atoms with van der Waals surface area (Å²) < 4.78 is 10.6. The number of aromatic nitrogens is 1. The molecule has 1 aromatic heterocycles. The Labute approximate surface area is 110 Å². The highest BCUT2D eigenvalue weighted by Crippen LogP contribution is 2.22. The SMILES string of the molecule is Nc1ccc2c(C(=O)OCC3CCOC3)c[nH]c2c1. The summed E-state index contributed by atoms with van der Waals surface area (Å²) in [6.07, 6.45) is 2.62. The molecule has 2 aromatic rings. The number of hydrogen-bond donors (Lipinski definition) is 2. The van der Waals surface area contributed by atoms with Gasteiger partial charge in [-0.25, -0.2) is 4.79 Å². The van der Waals surface area contributed by atoms with Crippen molar-refractivity contribution in [2.24, 2.45) is 5.92 Å². The second-order valence-electron chi connectivity index (χ2n) is 4.84. The van der Waals surface area contributed by atoms with Crippen molar-refractivity contribution in [2.45, 2.75) is 6.42 Å². The number of ether oxygens (including phenoxy) is 2. The largest absolute Gasteiger partial charge is 0.462 e. The minimum atomic E-state index is -0.303. The van der Waals surface area contributed by atoms with Crippen molar-refractivity contribution in [3.63, 3.8) is 0 Å². The first-order valence-electron chi connectivity index (χ1n) is 6.35. The molecular weight excluding hydrogens is 244 g/mol. The third-order valence-corrected chi connectivity index (χ3v) is 3.40. The lowest BCUT2D eigenvalue weighted by Crippen LogP contribution is -2.14. The van der Waals surface area contributed by atoms with Crippen LogP contribution in [-0.2, 0) is 9.47 Å². The fraction of sp³-hybridized carbons (Fsp3) is 0.357. The van der Waals surface area contributed by atoms with Gasteiger partial charge in [-0.1, -0.05) is 0 Å². The van der Waals surface area contributed by atoms with Crippen LogP contribution in [0.15, 0.2) is 24.4 Å². The van der Waals surface area contributed by atoms with E-state index in [-0.39, 0.29) is 5.97 Å². The number of rotatable bonds is 3. The lowest BCUT2D eigenvalue weighted by atomic mass is 10.1. The highest BCUT2D eigenvalue weighted by atomic mass is 16.5. The summed E-state index contributed by atoms with van der Waals surface area (Å²) in [5, 5.41) is 0.835. The summed E-state index contributed by atoms with van der Waals surface area (Å²) >= 11 is 0. The Kier molecular flexibility index (Phi) is 3.13. The summed E-state index contributed by atoms with van der Waals surface area (Å²) in [6, 6.07) is 5.41. The van der Waals surface area contributed by atoms with E-state index in [2.05, 4.69) is 4.98 Å². The topological polar surface area (TPSA) is 77.3 Å². The molecule has 3 rings (SSSR count). The van der Waals surface area contributed by atoms with E-state index >= 15 is 0 Å². The van der Waals surface area contributed by atoms with E-state index in [1.54, 1.807) is 18.3 Å². The van der Waals surface area contributed by atoms with Crippen LogP contribution < -0.4 is 5.73 Å². The molecule has 1 aliphatic heterocycles. The van der Waals surface area contributed by atoms with Crippen LogP contribution in [0.1, 0.15) is 16.8 Å². The summed E-state index contributed by atoms with van der Waals surface area (Å²) in [5.74, 6) is 0.0210. The Morgan fingerprint density at radius 2 is 2.42 bits per heavy atom. The van der Waals surface area contributed by atoms with Crippen molar-refractivity contribution in [3.05, 3.63) is 30.0 Å². The molecular formula is C14H16N2O3. The first-order chi connectivity index (χ1) is 9.24. The first-order valence-corrected chi connectivity index (χ1v) is 6.35. The summed E-state index contributed by atoms with van der Waals surface area (Å²) in [6.45, 7) is 1.85. The molecule has 0 amide bonds. The predicted molar refractivity (Wildman–Crippen MR) is 71.9 cm³/mol. The van der Waals surface area contributed by atoms with Crippen molar-refractivity contribution >= 4 is 22.6 Å².